The monoisotopic (exact) mass is 367 g/mol. The fraction of sp³-hybridized carbons (Fsp3) is 0.667. The number of rotatable bonds is 6. The van der Waals surface area contributed by atoms with E-state index < -0.39 is 0 Å². The van der Waals surface area contributed by atoms with Crippen LogP contribution in [0.1, 0.15) is 89.0 Å². The fourth-order valence-electron chi connectivity index (χ4n) is 4.74. The first-order valence-electron chi connectivity index (χ1n) is 10.9. The number of nitrogens with zero attached hydrogens (tertiary/aromatic N) is 1. The molecule has 1 aromatic carbocycles. The van der Waals surface area contributed by atoms with E-state index in [1.807, 2.05) is 12.1 Å². The molecule has 0 radical (unpaired) electrons. The Kier molecular flexibility index (Phi) is 7.33. The second-order valence-corrected chi connectivity index (χ2v) is 8.53. The first-order valence-corrected chi connectivity index (χ1v) is 10.9. The van der Waals surface area contributed by atoms with Gasteiger partial charge in [-0.25, -0.2) is 0 Å². The zero-order chi connectivity index (χ0) is 19.1. The summed E-state index contributed by atoms with van der Waals surface area (Å²) in [6, 6.07) is 10.5. The van der Waals surface area contributed by atoms with Gasteiger partial charge < -0.3 is 4.74 Å². The standard InChI is InChI=1S/C24H33NO2/c1-2-3-4-18-5-9-20(10-6-18)21-13-15-23(16-14-21)27-24(26)22-11-7-19(17-25)8-12-22/h13-16,18-20,22H,2-12H2,1H3. The molecule has 2 aliphatic carbocycles. The highest BCUT2D eigenvalue weighted by molar-refractivity contribution is 5.75. The quantitative estimate of drug-likeness (QED) is 0.432. The van der Waals surface area contributed by atoms with Crippen LogP contribution in [-0.4, -0.2) is 5.97 Å². The smallest absolute Gasteiger partial charge is 0.314 e. The summed E-state index contributed by atoms with van der Waals surface area (Å²) in [6.45, 7) is 2.28. The van der Waals surface area contributed by atoms with Crippen molar-refractivity contribution in [2.75, 3.05) is 0 Å². The molecule has 0 aliphatic heterocycles. The highest BCUT2D eigenvalue weighted by atomic mass is 16.5. The third-order valence-corrected chi connectivity index (χ3v) is 6.63. The number of esters is 1. The molecule has 0 atom stereocenters. The van der Waals surface area contributed by atoms with E-state index in [9.17, 15) is 4.79 Å². The Hall–Kier alpha value is -1.82. The third-order valence-electron chi connectivity index (χ3n) is 6.63. The Labute approximate surface area is 164 Å². The summed E-state index contributed by atoms with van der Waals surface area (Å²) in [6.07, 6.45) is 12.5. The van der Waals surface area contributed by atoms with Gasteiger partial charge in [-0.3, -0.25) is 4.79 Å². The molecule has 0 N–H and O–H groups in total. The lowest BCUT2D eigenvalue weighted by atomic mass is 9.77. The van der Waals surface area contributed by atoms with Crippen LogP contribution in [0, 0.1) is 29.1 Å². The minimum Gasteiger partial charge on any atom is -0.426 e. The first kappa shape index (κ1) is 19.9. The number of benzene rings is 1. The number of unbranched alkanes of at least 4 members (excludes halogenated alkanes) is 1. The van der Waals surface area contributed by atoms with Crippen LogP contribution in [0.15, 0.2) is 24.3 Å². The summed E-state index contributed by atoms with van der Waals surface area (Å²) in [7, 11) is 0. The molecular formula is C24H33NO2. The van der Waals surface area contributed by atoms with Crippen molar-refractivity contribution in [2.45, 2.75) is 83.5 Å². The van der Waals surface area contributed by atoms with Crippen LogP contribution in [0.4, 0.5) is 0 Å². The molecule has 0 unspecified atom stereocenters. The Morgan fingerprint density at radius 2 is 1.70 bits per heavy atom. The van der Waals surface area contributed by atoms with Crippen molar-refractivity contribution in [2.24, 2.45) is 17.8 Å². The van der Waals surface area contributed by atoms with Gasteiger partial charge >= 0.3 is 5.97 Å². The van der Waals surface area contributed by atoms with E-state index >= 15 is 0 Å². The first-order chi connectivity index (χ1) is 13.2. The van der Waals surface area contributed by atoms with Crippen molar-refractivity contribution in [3.63, 3.8) is 0 Å². The number of hydrogen-bond donors (Lipinski definition) is 0. The van der Waals surface area contributed by atoms with Crippen LogP contribution in [0.3, 0.4) is 0 Å². The van der Waals surface area contributed by atoms with Crippen LogP contribution < -0.4 is 4.74 Å². The summed E-state index contributed by atoms with van der Waals surface area (Å²) in [5.41, 5.74) is 1.39. The molecule has 0 bridgehead atoms. The van der Waals surface area contributed by atoms with E-state index in [1.165, 1.54) is 50.5 Å². The van der Waals surface area contributed by atoms with Crippen LogP contribution in [0.25, 0.3) is 0 Å². The van der Waals surface area contributed by atoms with Gasteiger partial charge in [-0.2, -0.15) is 5.26 Å². The lowest BCUT2D eigenvalue weighted by Gasteiger charge is -2.29. The van der Waals surface area contributed by atoms with Crippen molar-refractivity contribution in [3.8, 4) is 11.8 Å². The highest BCUT2D eigenvalue weighted by Gasteiger charge is 2.28. The van der Waals surface area contributed by atoms with Gasteiger partial charge in [0.05, 0.1) is 12.0 Å². The van der Waals surface area contributed by atoms with Gasteiger partial charge in [-0.05, 0) is 80.9 Å². The van der Waals surface area contributed by atoms with Crippen LogP contribution in [0.2, 0.25) is 0 Å². The molecule has 1 aromatic rings. The molecule has 3 nitrogen and oxygen atoms in total. The Morgan fingerprint density at radius 3 is 2.30 bits per heavy atom. The van der Waals surface area contributed by atoms with Crippen molar-refractivity contribution in [1.29, 1.82) is 5.26 Å². The van der Waals surface area contributed by atoms with Gasteiger partial charge in [-0.1, -0.05) is 38.3 Å². The van der Waals surface area contributed by atoms with Gasteiger partial charge in [0.25, 0.3) is 0 Å². The highest BCUT2D eigenvalue weighted by Crippen LogP contribution is 2.38. The van der Waals surface area contributed by atoms with E-state index in [-0.39, 0.29) is 17.8 Å². The third kappa shape index (κ3) is 5.58. The second-order valence-electron chi connectivity index (χ2n) is 8.53. The SMILES string of the molecule is CCCCC1CCC(c2ccc(OC(=O)C3CCC(C#N)CC3)cc2)CC1. The number of ether oxygens (including phenoxy) is 1. The number of carbonyl (C=O) groups is 1. The van der Waals surface area contributed by atoms with Gasteiger partial charge in [0.15, 0.2) is 0 Å². The molecule has 27 heavy (non-hydrogen) atoms. The average Bonchev–Trinajstić information content (AvgIpc) is 2.73. The van der Waals surface area contributed by atoms with E-state index in [1.54, 1.807) is 0 Å². The van der Waals surface area contributed by atoms with E-state index in [0.717, 1.165) is 31.6 Å². The van der Waals surface area contributed by atoms with E-state index in [2.05, 4.69) is 25.1 Å². The lowest BCUT2D eigenvalue weighted by Crippen LogP contribution is -2.25. The number of hydrogen-bond acceptors (Lipinski definition) is 3. The largest absolute Gasteiger partial charge is 0.426 e. The summed E-state index contributed by atoms with van der Waals surface area (Å²) < 4.78 is 5.60. The normalized spacial score (nSPS) is 28.3. The number of nitriles is 1. The average molecular weight is 368 g/mol. The maximum absolute atomic E-state index is 12.4. The zero-order valence-electron chi connectivity index (χ0n) is 16.7. The molecule has 3 rings (SSSR count). The van der Waals surface area contributed by atoms with Crippen LogP contribution in [-0.2, 0) is 4.79 Å². The molecule has 0 amide bonds. The summed E-state index contributed by atoms with van der Waals surface area (Å²) in [5, 5.41) is 8.97. The molecule has 0 spiro atoms. The van der Waals surface area contributed by atoms with Crippen molar-refractivity contribution < 1.29 is 9.53 Å². The predicted molar refractivity (Wildman–Crippen MR) is 107 cm³/mol. The van der Waals surface area contributed by atoms with Crippen LogP contribution in [0.5, 0.6) is 5.75 Å². The summed E-state index contributed by atoms with van der Waals surface area (Å²) in [5.74, 6) is 2.18. The second kappa shape index (κ2) is 9.93. The molecule has 0 aromatic heterocycles. The molecular weight excluding hydrogens is 334 g/mol. The van der Waals surface area contributed by atoms with E-state index in [0.29, 0.717) is 11.7 Å². The molecule has 146 valence electrons. The van der Waals surface area contributed by atoms with Crippen molar-refractivity contribution in [3.05, 3.63) is 29.8 Å². The Bertz CT molecular complexity index is 629. The van der Waals surface area contributed by atoms with Gasteiger partial charge in [0.2, 0.25) is 0 Å². The Morgan fingerprint density at radius 1 is 1.04 bits per heavy atom. The van der Waals surface area contributed by atoms with Crippen LogP contribution >= 0.6 is 0 Å². The molecule has 0 heterocycles. The Balaban J connectivity index is 1.46. The summed E-state index contributed by atoms with van der Waals surface area (Å²) in [4.78, 5) is 12.4. The minimum atomic E-state index is -0.129. The molecule has 2 aliphatic rings. The van der Waals surface area contributed by atoms with Crippen molar-refractivity contribution in [1.82, 2.24) is 0 Å². The lowest BCUT2D eigenvalue weighted by molar-refractivity contribution is -0.140. The molecule has 0 saturated heterocycles. The topological polar surface area (TPSA) is 50.1 Å². The van der Waals surface area contributed by atoms with Crippen molar-refractivity contribution >= 4 is 5.97 Å². The van der Waals surface area contributed by atoms with Gasteiger partial charge in [-0.15, -0.1) is 0 Å². The predicted octanol–water partition coefficient (Wildman–Crippen LogP) is 6.39. The van der Waals surface area contributed by atoms with E-state index in [4.69, 9.17) is 10.00 Å². The minimum absolute atomic E-state index is 0.0484. The van der Waals surface area contributed by atoms with Gasteiger partial charge in [0.1, 0.15) is 5.75 Å². The molecule has 2 fully saturated rings. The fourth-order valence-corrected chi connectivity index (χ4v) is 4.74. The number of carbonyl (C=O) groups excluding carboxylic acids is 1. The summed E-state index contributed by atoms with van der Waals surface area (Å²) >= 11 is 0. The molecule has 2 saturated carbocycles. The van der Waals surface area contributed by atoms with Gasteiger partial charge in [0, 0.05) is 5.92 Å². The zero-order valence-corrected chi connectivity index (χ0v) is 16.7. The maximum Gasteiger partial charge on any atom is 0.314 e. The molecule has 3 heteroatoms. The maximum atomic E-state index is 12.4.